The fraction of sp³-hybridized carbons (Fsp3) is 0.857. The van der Waals surface area contributed by atoms with E-state index in [4.69, 9.17) is 5.73 Å². The summed E-state index contributed by atoms with van der Waals surface area (Å²) in [4.78, 5) is 13.7. The van der Waals surface area contributed by atoms with Crippen molar-refractivity contribution in [1.82, 2.24) is 10.2 Å². The van der Waals surface area contributed by atoms with Crippen molar-refractivity contribution in [2.45, 2.75) is 84.0 Å². The molecular formula is C21H43N3O2. The normalized spacial score (nSPS) is 10.9. The lowest BCUT2D eigenvalue weighted by atomic mass is 10.1. The first-order valence-electron chi connectivity index (χ1n) is 10.7. The molecule has 0 heterocycles. The number of carbonyl (C=O) groups is 1. The van der Waals surface area contributed by atoms with Crippen molar-refractivity contribution in [1.29, 1.82) is 0 Å². The molecule has 0 saturated heterocycles. The number of unbranched alkanes of at least 4 members (excludes halogenated alkanes) is 9. The molecule has 154 valence electrons. The quantitative estimate of drug-likeness (QED) is 0.253. The van der Waals surface area contributed by atoms with Crippen LogP contribution in [0.5, 0.6) is 0 Å². The largest absolute Gasteiger partial charge is 0.419 e. The molecule has 5 heteroatoms. The highest BCUT2D eigenvalue weighted by atomic mass is 16.5. The van der Waals surface area contributed by atoms with Crippen LogP contribution in [0.1, 0.15) is 84.0 Å². The summed E-state index contributed by atoms with van der Waals surface area (Å²) in [7, 11) is 0. The highest BCUT2D eigenvalue weighted by Crippen LogP contribution is 2.11. The number of hydrogen-bond acceptors (Lipinski definition) is 4. The van der Waals surface area contributed by atoms with Crippen LogP contribution < -0.4 is 11.1 Å². The fourth-order valence-corrected chi connectivity index (χ4v) is 3.08. The second-order valence-electron chi connectivity index (χ2n) is 7.02. The zero-order chi connectivity index (χ0) is 19.3. The Balaban J connectivity index is 3.63. The lowest BCUT2D eigenvalue weighted by Crippen LogP contribution is -2.32. The van der Waals surface area contributed by atoms with Gasteiger partial charge in [0.1, 0.15) is 0 Å². The van der Waals surface area contributed by atoms with Crippen LogP contribution in [0.2, 0.25) is 0 Å². The van der Waals surface area contributed by atoms with Crippen molar-refractivity contribution in [3.05, 3.63) is 12.8 Å². The molecule has 5 nitrogen and oxygen atoms in total. The maximum atomic E-state index is 11.2. The molecular weight excluding hydrogens is 326 g/mol. The number of nitrogens with one attached hydrogen (secondary N) is 1. The van der Waals surface area contributed by atoms with Crippen molar-refractivity contribution >= 4 is 6.09 Å². The molecule has 0 fully saturated rings. The molecule has 0 aliphatic rings. The van der Waals surface area contributed by atoms with Crippen LogP contribution in [0.15, 0.2) is 12.8 Å². The van der Waals surface area contributed by atoms with Crippen molar-refractivity contribution in [3.63, 3.8) is 0 Å². The summed E-state index contributed by atoms with van der Waals surface area (Å²) in [6.45, 7) is 10.2. The number of nitrogens with two attached hydrogens (primary N) is 1. The van der Waals surface area contributed by atoms with Crippen molar-refractivity contribution < 1.29 is 9.53 Å². The van der Waals surface area contributed by atoms with Gasteiger partial charge in [-0.1, -0.05) is 71.3 Å². The Hall–Kier alpha value is -1.07. The minimum absolute atomic E-state index is 0.428. The van der Waals surface area contributed by atoms with Gasteiger partial charge in [0.05, 0.1) is 6.26 Å². The standard InChI is InChI=1S/C21H43N3O2/c1-3-5-6-7-8-9-10-11-12-13-18-24(19-14-16-22)20-15-17-23-21(25)26-4-2/h4H,2-3,5-20,22H2,1H3,(H,23,25). The monoisotopic (exact) mass is 369 g/mol. The third-order valence-electron chi connectivity index (χ3n) is 4.62. The predicted octanol–water partition coefficient (Wildman–Crippen LogP) is 4.82. The summed E-state index contributed by atoms with van der Waals surface area (Å²) in [5.41, 5.74) is 5.65. The van der Waals surface area contributed by atoms with E-state index in [9.17, 15) is 4.79 Å². The maximum absolute atomic E-state index is 11.2. The van der Waals surface area contributed by atoms with E-state index in [0.29, 0.717) is 6.54 Å². The summed E-state index contributed by atoms with van der Waals surface area (Å²) in [5, 5.41) is 2.72. The van der Waals surface area contributed by atoms with E-state index >= 15 is 0 Å². The van der Waals surface area contributed by atoms with Gasteiger partial charge < -0.3 is 20.7 Å². The van der Waals surface area contributed by atoms with E-state index in [-0.39, 0.29) is 0 Å². The molecule has 0 radical (unpaired) electrons. The van der Waals surface area contributed by atoms with Gasteiger partial charge in [0, 0.05) is 6.54 Å². The smallest absolute Gasteiger partial charge is 0.411 e. The minimum atomic E-state index is -0.428. The number of nitrogens with zero attached hydrogens (tertiary/aromatic N) is 1. The number of amides is 1. The van der Waals surface area contributed by atoms with Gasteiger partial charge in [-0.05, 0) is 45.4 Å². The van der Waals surface area contributed by atoms with Gasteiger partial charge in [-0.15, -0.1) is 0 Å². The third-order valence-corrected chi connectivity index (χ3v) is 4.62. The van der Waals surface area contributed by atoms with E-state index in [2.05, 4.69) is 28.5 Å². The van der Waals surface area contributed by atoms with Gasteiger partial charge in [0.2, 0.25) is 0 Å². The number of alkyl carbamates (subject to hydrolysis) is 1. The zero-order valence-corrected chi connectivity index (χ0v) is 17.1. The Bertz CT molecular complexity index is 324. The van der Waals surface area contributed by atoms with Crippen LogP contribution >= 0.6 is 0 Å². The SMILES string of the molecule is C=COC(=O)NCCCN(CCCN)CCCCCCCCCCCC. The Labute approximate surface area is 161 Å². The first-order chi connectivity index (χ1) is 12.7. The summed E-state index contributed by atoms with van der Waals surface area (Å²) in [6, 6.07) is 0. The van der Waals surface area contributed by atoms with Gasteiger partial charge in [-0.25, -0.2) is 4.79 Å². The molecule has 0 bridgehead atoms. The fourth-order valence-electron chi connectivity index (χ4n) is 3.08. The van der Waals surface area contributed by atoms with E-state index in [1.165, 1.54) is 64.2 Å². The first-order valence-corrected chi connectivity index (χ1v) is 10.7. The molecule has 0 aliphatic heterocycles. The summed E-state index contributed by atoms with van der Waals surface area (Å²) < 4.78 is 4.64. The van der Waals surface area contributed by atoms with Crippen LogP contribution in [0.4, 0.5) is 4.79 Å². The second kappa shape index (κ2) is 20.2. The summed E-state index contributed by atoms with van der Waals surface area (Å²) in [6.07, 6.45) is 16.3. The van der Waals surface area contributed by atoms with Gasteiger partial charge in [-0.2, -0.15) is 0 Å². The van der Waals surface area contributed by atoms with Crippen molar-refractivity contribution in [3.8, 4) is 0 Å². The van der Waals surface area contributed by atoms with Crippen molar-refractivity contribution in [2.24, 2.45) is 5.73 Å². The van der Waals surface area contributed by atoms with Gasteiger partial charge in [0.25, 0.3) is 0 Å². The van der Waals surface area contributed by atoms with Gasteiger partial charge in [-0.3, -0.25) is 0 Å². The molecule has 0 rings (SSSR count). The lowest BCUT2D eigenvalue weighted by Gasteiger charge is -2.22. The average Bonchev–Trinajstić information content (AvgIpc) is 2.64. The van der Waals surface area contributed by atoms with E-state index < -0.39 is 6.09 Å². The first kappa shape index (κ1) is 24.9. The molecule has 0 aromatic heterocycles. The molecule has 0 saturated carbocycles. The highest BCUT2D eigenvalue weighted by molar-refractivity contribution is 5.67. The van der Waals surface area contributed by atoms with Gasteiger partial charge >= 0.3 is 6.09 Å². The molecule has 3 N–H and O–H groups in total. The Morgan fingerprint density at radius 3 is 2.04 bits per heavy atom. The van der Waals surface area contributed by atoms with E-state index in [1.54, 1.807) is 0 Å². The van der Waals surface area contributed by atoms with Crippen LogP contribution in [0.25, 0.3) is 0 Å². The number of hydrogen-bond donors (Lipinski definition) is 2. The topological polar surface area (TPSA) is 67.6 Å². The molecule has 0 atom stereocenters. The second-order valence-corrected chi connectivity index (χ2v) is 7.02. The van der Waals surface area contributed by atoms with E-state index in [0.717, 1.165) is 45.3 Å². The molecule has 0 aromatic rings. The number of carbonyl (C=O) groups excluding carboxylic acids is 1. The highest BCUT2D eigenvalue weighted by Gasteiger charge is 2.05. The van der Waals surface area contributed by atoms with Crippen molar-refractivity contribution in [2.75, 3.05) is 32.7 Å². The molecule has 0 aliphatic carbocycles. The molecule has 26 heavy (non-hydrogen) atoms. The minimum Gasteiger partial charge on any atom is -0.419 e. The number of ether oxygens (including phenoxy) is 1. The van der Waals surface area contributed by atoms with Crippen LogP contribution in [0, 0.1) is 0 Å². The number of rotatable bonds is 19. The summed E-state index contributed by atoms with van der Waals surface area (Å²) >= 11 is 0. The Morgan fingerprint density at radius 2 is 1.46 bits per heavy atom. The van der Waals surface area contributed by atoms with Crippen LogP contribution in [-0.4, -0.2) is 43.7 Å². The molecule has 0 unspecified atom stereocenters. The molecule has 0 aromatic carbocycles. The molecule has 0 spiro atoms. The lowest BCUT2D eigenvalue weighted by molar-refractivity contribution is 0.184. The maximum Gasteiger partial charge on any atom is 0.411 e. The van der Waals surface area contributed by atoms with Gasteiger partial charge in [0.15, 0.2) is 0 Å². The summed E-state index contributed by atoms with van der Waals surface area (Å²) in [5.74, 6) is 0. The average molecular weight is 370 g/mol. The van der Waals surface area contributed by atoms with Crippen LogP contribution in [0.3, 0.4) is 0 Å². The predicted molar refractivity (Wildman–Crippen MR) is 111 cm³/mol. The van der Waals surface area contributed by atoms with E-state index in [1.807, 2.05) is 0 Å². The third kappa shape index (κ3) is 17.7. The molecule has 1 amide bonds. The Morgan fingerprint density at radius 1 is 0.923 bits per heavy atom. The zero-order valence-electron chi connectivity index (χ0n) is 17.1. The Kier molecular flexibility index (Phi) is 19.4. The van der Waals surface area contributed by atoms with Crippen LogP contribution in [-0.2, 0) is 4.74 Å².